The summed E-state index contributed by atoms with van der Waals surface area (Å²) >= 11 is 0. The third-order valence-electron chi connectivity index (χ3n) is 2.31. The van der Waals surface area contributed by atoms with E-state index < -0.39 is 0 Å². The molecule has 4 nitrogen and oxygen atoms in total. The molecule has 0 unspecified atom stereocenters. The number of nitrogens with one attached hydrogen (secondary N) is 1. The Labute approximate surface area is 94.8 Å². The Morgan fingerprint density at radius 2 is 2.06 bits per heavy atom. The molecule has 0 aromatic heterocycles. The Morgan fingerprint density at radius 3 is 2.88 bits per heavy atom. The van der Waals surface area contributed by atoms with Crippen LogP contribution in [0.1, 0.15) is 12.8 Å². The molecule has 1 aliphatic rings. The fraction of sp³-hybridized carbons (Fsp3) is 0.417. The Balaban J connectivity index is 2.06. The quantitative estimate of drug-likeness (QED) is 0.790. The van der Waals surface area contributed by atoms with E-state index >= 15 is 0 Å². The number of hydrogen-bond donors (Lipinski definition) is 1. The van der Waals surface area contributed by atoms with Crippen LogP contribution in [0.5, 0.6) is 11.5 Å². The van der Waals surface area contributed by atoms with Crippen LogP contribution in [0, 0.1) is 11.3 Å². The smallest absolute Gasteiger partial charge is 0.163 e. The number of nitrogens with zero attached hydrogens (tertiary/aromatic N) is 1. The van der Waals surface area contributed by atoms with Crippen LogP contribution in [-0.2, 0) is 0 Å². The maximum Gasteiger partial charge on any atom is 0.163 e. The highest BCUT2D eigenvalue weighted by Gasteiger charge is 2.10. The van der Waals surface area contributed by atoms with Crippen LogP contribution in [0.2, 0.25) is 0 Å². The number of anilines is 1. The highest BCUT2D eigenvalue weighted by atomic mass is 16.5. The normalized spacial score (nSPS) is 13.7. The maximum absolute atomic E-state index is 8.44. The fourth-order valence-electron chi connectivity index (χ4n) is 1.54. The van der Waals surface area contributed by atoms with Gasteiger partial charge in [0, 0.05) is 24.7 Å². The molecule has 2 rings (SSSR count). The molecular formula is C12H14N2O2. The van der Waals surface area contributed by atoms with Crippen molar-refractivity contribution in [3.63, 3.8) is 0 Å². The minimum Gasteiger partial charge on any atom is -0.490 e. The van der Waals surface area contributed by atoms with Crippen molar-refractivity contribution in [3.8, 4) is 17.6 Å². The molecule has 0 spiro atoms. The summed E-state index contributed by atoms with van der Waals surface area (Å²) in [5.41, 5.74) is 0.958. The second-order valence-corrected chi connectivity index (χ2v) is 3.55. The van der Waals surface area contributed by atoms with Crippen molar-refractivity contribution >= 4 is 5.69 Å². The van der Waals surface area contributed by atoms with Crippen molar-refractivity contribution in [1.29, 1.82) is 5.26 Å². The third-order valence-corrected chi connectivity index (χ3v) is 2.31. The predicted octanol–water partition coefficient (Wildman–Crippen LogP) is 2.17. The minimum atomic E-state index is 0.494. The number of fused-ring (bicyclic) bond motifs is 1. The number of hydrogen-bond acceptors (Lipinski definition) is 4. The summed E-state index contributed by atoms with van der Waals surface area (Å²) in [5, 5.41) is 11.6. The summed E-state index contributed by atoms with van der Waals surface area (Å²) < 4.78 is 11.1. The number of nitriles is 1. The van der Waals surface area contributed by atoms with Crippen molar-refractivity contribution in [2.24, 2.45) is 0 Å². The predicted molar refractivity (Wildman–Crippen MR) is 60.8 cm³/mol. The molecule has 1 N–H and O–H groups in total. The van der Waals surface area contributed by atoms with Crippen molar-refractivity contribution in [2.45, 2.75) is 12.8 Å². The Hall–Kier alpha value is -1.89. The van der Waals surface area contributed by atoms with Gasteiger partial charge in [-0.3, -0.25) is 0 Å². The van der Waals surface area contributed by atoms with Gasteiger partial charge in [-0.25, -0.2) is 0 Å². The molecule has 84 valence electrons. The molecule has 0 aliphatic carbocycles. The first-order valence-electron chi connectivity index (χ1n) is 5.40. The first-order valence-corrected chi connectivity index (χ1v) is 5.40. The molecule has 0 bridgehead atoms. The van der Waals surface area contributed by atoms with Crippen LogP contribution in [0.4, 0.5) is 5.69 Å². The second-order valence-electron chi connectivity index (χ2n) is 3.55. The van der Waals surface area contributed by atoms with E-state index in [1.807, 2.05) is 18.2 Å². The molecular weight excluding hydrogens is 204 g/mol. The van der Waals surface area contributed by atoms with Crippen molar-refractivity contribution in [2.75, 3.05) is 25.1 Å². The van der Waals surface area contributed by atoms with Gasteiger partial charge in [0.1, 0.15) is 0 Å². The van der Waals surface area contributed by atoms with E-state index in [0.717, 1.165) is 23.6 Å². The molecule has 0 amide bonds. The van der Waals surface area contributed by atoms with Gasteiger partial charge in [0.25, 0.3) is 0 Å². The van der Waals surface area contributed by atoms with Gasteiger partial charge < -0.3 is 14.8 Å². The van der Waals surface area contributed by atoms with Gasteiger partial charge in [-0.1, -0.05) is 0 Å². The summed E-state index contributed by atoms with van der Waals surface area (Å²) in [5.74, 6) is 1.57. The topological polar surface area (TPSA) is 54.3 Å². The van der Waals surface area contributed by atoms with Gasteiger partial charge in [-0.15, -0.1) is 0 Å². The van der Waals surface area contributed by atoms with Gasteiger partial charge in [-0.05, 0) is 12.1 Å². The van der Waals surface area contributed by atoms with E-state index in [-0.39, 0.29) is 0 Å². The summed E-state index contributed by atoms with van der Waals surface area (Å²) in [6.07, 6.45) is 1.40. The summed E-state index contributed by atoms with van der Waals surface area (Å²) in [6, 6.07) is 7.84. The molecule has 1 aliphatic heterocycles. The Kier molecular flexibility index (Phi) is 3.50. The van der Waals surface area contributed by atoms with Crippen molar-refractivity contribution < 1.29 is 9.47 Å². The second kappa shape index (κ2) is 5.26. The molecule has 0 radical (unpaired) electrons. The van der Waals surface area contributed by atoms with Crippen molar-refractivity contribution in [1.82, 2.24) is 0 Å². The molecule has 0 fully saturated rings. The zero-order chi connectivity index (χ0) is 11.2. The molecule has 1 heterocycles. The van der Waals surface area contributed by atoms with Crippen molar-refractivity contribution in [3.05, 3.63) is 18.2 Å². The zero-order valence-corrected chi connectivity index (χ0v) is 9.03. The van der Waals surface area contributed by atoms with E-state index in [0.29, 0.717) is 26.2 Å². The van der Waals surface area contributed by atoms with E-state index in [1.54, 1.807) is 0 Å². The Morgan fingerprint density at radius 1 is 1.25 bits per heavy atom. The molecule has 4 heteroatoms. The summed E-state index contributed by atoms with van der Waals surface area (Å²) in [4.78, 5) is 0. The molecule has 1 aromatic carbocycles. The molecule has 0 saturated heterocycles. The standard InChI is InChI=1S/C12H14N2O2/c13-5-1-6-14-10-3-4-11-12(9-10)16-8-2-7-15-11/h3-4,9,14H,1-2,6-8H2. The molecule has 0 atom stereocenters. The first kappa shape index (κ1) is 10.6. The highest BCUT2D eigenvalue weighted by Crippen LogP contribution is 2.32. The van der Waals surface area contributed by atoms with Crippen LogP contribution in [0.25, 0.3) is 0 Å². The number of ether oxygens (including phenoxy) is 2. The van der Waals surface area contributed by atoms with Crippen LogP contribution >= 0.6 is 0 Å². The van der Waals surface area contributed by atoms with Crippen LogP contribution in [-0.4, -0.2) is 19.8 Å². The van der Waals surface area contributed by atoms with Gasteiger partial charge in [0.15, 0.2) is 11.5 Å². The van der Waals surface area contributed by atoms with Gasteiger partial charge >= 0.3 is 0 Å². The number of rotatable bonds is 3. The van der Waals surface area contributed by atoms with Gasteiger partial charge in [0.2, 0.25) is 0 Å². The lowest BCUT2D eigenvalue weighted by molar-refractivity contribution is 0.297. The lowest BCUT2D eigenvalue weighted by Crippen LogP contribution is -2.01. The van der Waals surface area contributed by atoms with Crippen LogP contribution < -0.4 is 14.8 Å². The lowest BCUT2D eigenvalue weighted by Gasteiger charge is -2.10. The number of benzene rings is 1. The fourth-order valence-corrected chi connectivity index (χ4v) is 1.54. The van der Waals surface area contributed by atoms with Gasteiger partial charge in [-0.2, -0.15) is 5.26 Å². The van der Waals surface area contributed by atoms with E-state index in [2.05, 4.69) is 11.4 Å². The highest BCUT2D eigenvalue weighted by molar-refractivity contribution is 5.55. The van der Waals surface area contributed by atoms with E-state index in [1.165, 1.54) is 0 Å². The SMILES string of the molecule is N#CCCNc1ccc2c(c1)OCCCO2. The average molecular weight is 218 g/mol. The summed E-state index contributed by atoms with van der Waals surface area (Å²) in [7, 11) is 0. The maximum atomic E-state index is 8.44. The Bertz CT molecular complexity index is 398. The third kappa shape index (κ3) is 2.57. The van der Waals surface area contributed by atoms with E-state index in [4.69, 9.17) is 14.7 Å². The van der Waals surface area contributed by atoms with Crippen LogP contribution in [0.15, 0.2) is 18.2 Å². The zero-order valence-electron chi connectivity index (χ0n) is 9.03. The average Bonchev–Trinajstić information content (AvgIpc) is 2.54. The largest absolute Gasteiger partial charge is 0.490 e. The van der Waals surface area contributed by atoms with Crippen LogP contribution in [0.3, 0.4) is 0 Å². The lowest BCUT2D eigenvalue weighted by atomic mass is 10.2. The monoisotopic (exact) mass is 218 g/mol. The molecule has 1 aromatic rings. The van der Waals surface area contributed by atoms with Gasteiger partial charge in [0.05, 0.1) is 25.7 Å². The molecule has 16 heavy (non-hydrogen) atoms. The summed E-state index contributed by atoms with van der Waals surface area (Å²) in [6.45, 7) is 2.04. The first-order chi connectivity index (χ1) is 7.90. The van der Waals surface area contributed by atoms with E-state index in [9.17, 15) is 0 Å². The molecule has 0 saturated carbocycles. The minimum absolute atomic E-state index is 0.494.